The highest BCUT2D eigenvalue weighted by Gasteiger charge is 2.36. The normalized spacial score (nSPS) is 17.6. The molecule has 1 aromatic heterocycles. The second kappa shape index (κ2) is 11.6. The standard InChI is InChI=1S/C29H38ClN6OP/c1-35-15-11-29(12-16-35)13-17-36(18-14-29)21-9-10-23(25(19-21)37-2)33-28-31-20-22(30)27(34-28)32-24-7-5-6-8-26(24)38(3)4/h5-10,19-20H,11-18H2,1-4H3,(H2,31,32,33,34). The summed E-state index contributed by atoms with van der Waals surface area (Å²) in [6.45, 7) is 9.10. The third-order valence-electron chi connectivity index (χ3n) is 8.05. The molecule has 0 saturated carbocycles. The Balaban J connectivity index is 1.29. The van der Waals surface area contributed by atoms with E-state index in [9.17, 15) is 0 Å². The van der Waals surface area contributed by atoms with E-state index in [4.69, 9.17) is 16.3 Å². The monoisotopic (exact) mass is 552 g/mol. The number of rotatable bonds is 7. The largest absolute Gasteiger partial charge is 0.494 e. The van der Waals surface area contributed by atoms with Crippen molar-refractivity contribution in [2.45, 2.75) is 25.7 Å². The van der Waals surface area contributed by atoms with Crippen molar-refractivity contribution in [1.29, 1.82) is 0 Å². The molecule has 7 nitrogen and oxygen atoms in total. The van der Waals surface area contributed by atoms with Gasteiger partial charge in [-0.1, -0.05) is 37.7 Å². The smallest absolute Gasteiger partial charge is 0.229 e. The lowest BCUT2D eigenvalue weighted by molar-refractivity contribution is 0.0945. The molecule has 0 bridgehead atoms. The number of nitrogens with one attached hydrogen (secondary N) is 2. The van der Waals surface area contributed by atoms with Crippen LogP contribution < -0.4 is 25.6 Å². The Morgan fingerprint density at radius 3 is 2.37 bits per heavy atom. The molecule has 0 unspecified atom stereocenters. The molecule has 0 amide bonds. The summed E-state index contributed by atoms with van der Waals surface area (Å²) >= 11 is 6.46. The molecule has 5 rings (SSSR count). The Bertz CT molecular complexity index is 1250. The van der Waals surface area contributed by atoms with E-state index in [2.05, 4.69) is 87.2 Å². The molecule has 2 aliphatic rings. The Labute approximate surface area is 232 Å². The molecular formula is C29H38ClN6OP. The first-order chi connectivity index (χ1) is 18.4. The maximum absolute atomic E-state index is 6.46. The number of methoxy groups -OCH3 is 1. The Morgan fingerprint density at radius 1 is 0.947 bits per heavy atom. The summed E-state index contributed by atoms with van der Waals surface area (Å²) in [5.41, 5.74) is 3.56. The number of piperidine rings is 2. The summed E-state index contributed by atoms with van der Waals surface area (Å²) in [7, 11) is 3.66. The van der Waals surface area contributed by atoms with Crippen LogP contribution in [0.15, 0.2) is 48.7 Å². The van der Waals surface area contributed by atoms with E-state index in [1.165, 1.54) is 49.8 Å². The molecule has 2 fully saturated rings. The van der Waals surface area contributed by atoms with Crippen molar-refractivity contribution >= 4 is 53.7 Å². The third-order valence-corrected chi connectivity index (χ3v) is 9.68. The van der Waals surface area contributed by atoms with Crippen LogP contribution in [0.5, 0.6) is 5.75 Å². The molecular weight excluding hydrogens is 515 g/mol. The highest BCUT2D eigenvalue weighted by atomic mass is 35.5. The summed E-state index contributed by atoms with van der Waals surface area (Å²) < 4.78 is 5.77. The van der Waals surface area contributed by atoms with Crippen LogP contribution in [0.3, 0.4) is 0 Å². The first-order valence-electron chi connectivity index (χ1n) is 13.3. The van der Waals surface area contributed by atoms with Crippen molar-refractivity contribution in [3.8, 4) is 5.75 Å². The van der Waals surface area contributed by atoms with Gasteiger partial charge in [0.05, 0.1) is 19.0 Å². The van der Waals surface area contributed by atoms with Gasteiger partial charge in [0.1, 0.15) is 10.8 Å². The van der Waals surface area contributed by atoms with E-state index < -0.39 is 0 Å². The van der Waals surface area contributed by atoms with Gasteiger partial charge in [0.25, 0.3) is 0 Å². The number of para-hydroxylation sites is 1. The number of likely N-dealkylation sites (tertiary alicyclic amines) is 1. The van der Waals surface area contributed by atoms with E-state index >= 15 is 0 Å². The quantitative estimate of drug-likeness (QED) is 0.333. The molecule has 9 heteroatoms. The van der Waals surface area contributed by atoms with Crippen LogP contribution in [0, 0.1) is 5.41 Å². The van der Waals surface area contributed by atoms with Crippen molar-refractivity contribution < 1.29 is 4.74 Å². The number of halogens is 1. The highest BCUT2D eigenvalue weighted by Crippen LogP contribution is 2.43. The molecule has 2 aromatic carbocycles. The molecule has 3 heterocycles. The number of aromatic nitrogens is 2. The van der Waals surface area contributed by atoms with Gasteiger partial charge in [-0.25, -0.2) is 4.98 Å². The molecule has 3 aromatic rings. The van der Waals surface area contributed by atoms with Gasteiger partial charge in [-0.3, -0.25) is 0 Å². The summed E-state index contributed by atoms with van der Waals surface area (Å²) in [6.07, 6.45) is 6.80. The molecule has 2 aliphatic heterocycles. The summed E-state index contributed by atoms with van der Waals surface area (Å²) in [4.78, 5) is 14.0. The van der Waals surface area contributed by atoms with Gasteiger partial charge in [-0.2, -0.15) is 4.98 Å². The SMILES string of the molecule is COc1cc(N2CCC3(CCN(C)CC3)CC2)ccc1Nc1ncc(Cl)c(Nc2ccccc2P(C)C)n1. The number of ether oxygens (including phenoxy) is 1. The van der Waals surface area contributed by atoms with Gasteiger partial charge >= 0.3 is 0 Å². The van der Waals surface area contributed by atoms with Crippen LogP contribution in [-0.2, 0) is 0 Å². The molecule has 0 aliphatic carbocycles. The third kappa shape index (κ3) is 6.01. The van der Waals surface area contributed by atoms with E-state index in [0.717, 1.165) is 30.2 Å². The van der Waals surface area contributed by atoms with Crippen LogP contribution in [0.2, 0.25) is 5.02 Å². The predicted molar refractivity (Wildman–Crippen MR) is 162 cm³/mol. The molecule has 0 atom stereocenters. The van der Waals surface area contributed by atoms with E-state index in [0.29, 0.717) is 22.2 Å². The molecule has 2 N–H and O–H groups in total. The molecule has 0 radical (unpaired) electrons. The lowest BCUT2D eigenvalue weighted by Crippen LogP contribution is -2.46. The van der Waals surface area contributed by atoms with E-state index in [-0.39, 0.29) is 7.92 Å². The minimum absolute atomic E-state index is 0.280. The van der Waals surface area contributed by atoms with Crippen LogP contribution in [0.1, 0.15) is 25.7 Å². The average Bonchev–Trinajstić information content (AvgIpc) is 2.93. The second-order valence-electron chi connectivity index (χ2n) is 10.7. The van der Waals surface area contributed by atoms with Crippen molar-refractivity contribution in [3.05, 3.63) is 53.7 Å². The molecule has 38 heavy (non-hydrogen) atoms. The fraction of sp³-hybridized carbons (Fsp3) is 0.448. The number of hydrogen-bond donors (Lipinski definition) is 2. The van der Waals surface area contributed by atoms with Crippen LogP contribution in [0.4, 0.5) is 28.8 Å². The molecule has 202 valence electrons. The lowest BCUT2D eigenvalue weighted by atomic mass is 9.71. The Morgan fingerprint density at radius 2 is 1.66 bits per heavy atom. The fourth-order valence-corrected chi connectivity index (χ4v) is 6.68. The summed E-state index contributed by atoms with van der Waals surface area (Å²) in [6, 6.07) is 14.6. The van der Waals surface area contributed by atoms with Crippen LogP contribution in [0.25, 0.3) is 0 Å². The summed E-state index contributed by atoms with van der Waals surface area (Å²) in [5, 5.41) is 8.47. The first-order valence-corrected chi connectivity index (χ1v) is 15.9. The maximum Gasteiger partial charge on any atom is 0.229 e. The topological polar surface area (TPSA) is 65.6 Å². The van der Waals surface area contributed by atoms with Crippen molar-refractivity contribution in [2.75, 3.05) is 69.2 Å². The van der Waals surface area contributed by atoms with Crippen LogP contribution in [-0.4, -0.2) is 68.5 Å². The zero-order valence-electron chi connectivity index (χ0n) is 22.8. The van der Waals surface area contributed by atoms with Gasteiger partial charge in [-0.05, 0) is 88.1 Å². The van der Waals surface area contributed by atoms with E-state index in [1.807, 2.05) is 6.07 Å². The van der Waals surface area contributed by atoms with Gasteiger partial charge in [0.2, 0.25) is 5.95 Å². The van der Waals surface area contributed by atoms with Gasteiger partial charge in [0.15, 0.2) is 5.82 Å². The minimum atomic E-state index is -0.280. The number of nitrogens with zero attached hydrogens (tertiary/aromatic N) is 4. The van der Waals surface area contributed by atoms with Gasteiger partial charge < -0.3 is 25.2 Å². The number of benzene rings is 2. The Hall–Kier alpha value is -2.60. The van der Waals surface area contributed by atoms with E-state index in [1.54, 1.807) is 13.3 Å². The summed E-state index contributed by atoms with van der Waals surface area (Å²) in [5.74, 6) is 1.79. The molecule has 2 saturated heterocycles. The Kier molecular flexibility index (Phi) is 8.27. The van der Waals surface area contributed by atoms with Crippen LogP contribution >= 0.6 is 19.5 Å². The van der Waals surface area contributed by atoms with Gasteiger partial charge in [0, 0.05) is 30.5 Å². The molecule has 1 spiro atoms. The van der Waals surface area contributed by atoms with Crippen molar-refractivity contribution in [3.63, 3.8) is 0 Å². The highest BCUT2D eigenvalue weighted by molar-refractivity contribution is 7.64. The zero-order valence-corrected chi connectivity index (χ0v) is 24.4. The maximum atomic E-state index is 6.46. The minimum Gasteiger partial charge on any atom is -0.494 e. The van der Waals surface area contributed by atoms with Crippen molar-refractivity contribution in [1.82, 2.24) is 14.9 Å². The number of anilines is 5. The average molecular weight is 553 g/mol. The second-order valence-corrected chi connectivity index (χ2v) is 13.4. The van der Waals surface area contributed by atoms with Crippen molar-refractivity contribution in [2.24, 2.45) is 5.41 Å². The van der Waals surface area contributed by atoms with Gasteiger partial charge in [-0.15, -0.1) is 0 Å². The fourth-order valence-electron chi connectivity index (χ4n) is 5.54. The zero-order chi connectivity index (χ0) is 26.7. The lowest BCUT2D eigenvalue weighted by Gasteiger charge is -2.47. The predicted octanol–water partition coefficient (Wildman–Crippen LogP) is 6.30. The first kappa shape index (κ1) is 27.0. The number of hydrogen-bond acceptors (Lipinski definition) is 7.